The van der Waals surface area contributed by atoms with Crippen molar-refractivity contribution >= 4 is 33.4 Å². The van der Waals surface area contributed by atoms with Crippen LogP contribution in [0.3, 0.4) is 0 Å². The first-order valence-corrected chi connectivity index (χ1v) is 7.03. The quantitative estimate of drug-likeness (QED) is 0.651. The zero-order valence-corrected chi connectivity index (χ0v) is 12.2. The molecule has 1 aromatic heterocycles. The normalized spacial score (nSPS) is 18.2. The summed E-state index contributed by atoms with van der Waals surface area (Å²) in [4.78, 5) is 26.9. The molecule has 0 aliphatic carbocycles. The lowest BCUT2D eigenvalue weighted by Gasteiger charge is -2.18. The third-order valence-electron chi connectivity index (χ3n) is 3.37. The molecule has 1 atom stereocenters. The van der Waals surface area contributed by atoms with Crippen LogP contribution in [0.25, 0.3) is 0 Å². The van der Waals surface area contributed by atoms with E-state index in [0.717, 1.165) is 19.5 Å². The summed E-state index contributed by atoms with van der Waals surface area (Å²) < 4.78 is 0.589. The topological polar surface area (TPSA) is 96.6 Å². The standard InChI is InChI=1S/C12H14BrN3O4/c13-10-5-9(16(19)20)6-14-12(10)15-4-3-8(7-15)1-2-11(17)18/h5-6,8H,1-4,7H2,(H,17,18). The van der Waals surface area contributed by atoms with Gasteiger partial charge in [0.25, 0.3) is 5.69 Å². The molecule has 1 aromatic rings. The number of anilines is 1. The highest BCUT2D eigenvalue weighted by Crippen LogP contribution is 2.32. The molecule has 0 radical (unpaired) electrons. The lowest BCUT2D eigenvalue weighted by atomic mass is 10.0. The summed E-state index contributed by atoms with van der Waals surface area (Å²) in [5.41, 5.74) is -0.0535. The average Bonchev–Trinajstić information content (AvgIpc) is 2.84. The van der Waals surface area contributed by atoms with Crippen molar-refractivity contribution in [2.75, 3.05) is 18.0 Å². The van der Waals surface area contributed by atoms with Gasteiger partial charge in [-0.05, 0) is 34.7 Å². The first kappa shape index (κ1) is 14.7. The van der Waals surface area contributed by atoms with Crippen molar-refractivity contribution in [1.29, 1.82) is 0 Å². The first-order chi connectivity index (χ1) is 9.47. The molecule has 1 aliphatic rings. The van der Waals surface area contributed by atoms with Crippen molar-refractivity contribution < 1.29 is 14.8 Å². The molecule has 1 saturated heterocycles. The summed E-state index contributed by atoms with van der Waals surface area (Å²) in [5.74, 6) is 0.224. The van der Waals surface area contributed by atoms with Crippen LogP contribution < -0.4 is 4.90 Å². The van der Waals surface area contributed by atoms with Gasteiger partial charge in [-0.1, -0.05) is 0 Å². The van der Waals surface area contributed by atoms with Crippen molar-refractivity contribution in [3.63, 3.8) is 0 Å². The molecule has 0 amide bonds. The van der Waals surface area contributed by atoms with Gasteiger partial charge >= 0.3 is 5.97 Å². The van der Waals surface area contributed by atoms with Crippen molar-refractivity contribution in [2.24, 2.45) is 5.92 Å². The molecule has 1 aliphatic heterocycles. The van der Waals surface area contributed by atoms with E-state index in [0.29, 0.717) is 22.6 Å². The Bertz CT molecular complexity index is 537. The van der Waals surface area contributed by atoms with Gasteiger partial charge in [-0.15, -0.1) is 0 Å². The second kappa shape index (κ2) is 6.17. The van der Waals surface area contributed by atoms with E-state index in [1.54, 1.807) is 0 Å². The summed E-state index contributed by atoms with van der Waals surface area (Å²) in [6.07, 6.45) is 2.98. The van der Waals surface area contributed by atoms with Crippen LogP contribution in [0.4, 0.5) is 11.5 Å². The SMILES string of the molecule is O=C(O)CCC1CCN(c2ncc([N+](=O)[O-])cc2Br)C1. The zero-order chi connectivity index (χ0) is 14.7. The van der Waals surface area contributed by atoms with Crippen LogP contribution in [0.15, 0.2) is 16.7 Å². The van der Waals surface area contributed by atoms with E-state index in [9.17, 15) is 14.9 Å². The van der Waals surface area contributed by atoms with Crippen LogP contribution in [0.2, 0.25) is 0 Å². The molecule has 0 spiro atoms. The van der Waals surface area contributed by atoms with E-state index >= 15 is 0 Å². The van der Waals surface area contributed by atoms with Gasteiger partial charge in [0, 0.05) is 25.6 Å². The average molecular weight is 344 g/mol. The fourth-order valence-corrected chi connectivity index (χ4v) is 2.93. The number of carbonyl (C=O) groups is 1. The third kappa shape index (κ3) is 3.44. The van der Waals surface area contributed by atoms with Crippen molar-refractivity contribution in [1.82, 2.24) is 4.98 Å². The maximum Gasteiger partial charge on any atom is 0.303 e. The maximum atomic E-state index is 10.7. The Balaban J connectivity index is 2.03. The van der Waals surface area contributed by atoms with Crippen LogP contribution in [-0.4, -0.2) is 34.1 Å². The van der Waals surface area contributed by atoms with E-state index in [1.165, 1.54) is 12.3 Å². The number of halogens is 1. The zero-order valence-electron chi connectivity index (χ0n) is 10.7. The van der Waals surface area contributed by atoms with Crippen molar-refractivity contribution in [3.05, 3.63) is 26.9 Å². The summed E-state index contributed by atoms with van der Waals surface area (Å²) >= 11 is 3.30. The number of hydrogen-bond donors (Lipinski definition) is 1. The summed E-state index contributed by atoms with van der Waals surface area (Å²) in [7, 11) is 0. The first-order valence-electron chi connectivity index (χ1n) is 6.24. The number of hydrogen-bond acceptors (Lipinski definition) is 5. The molecule has 0 aromatic carbocycles. The second-order valence-electron chi connectivity index (χ2n) is 4.79. The number of rotatable bonds is 5. The Morgan fingerprint density at radius 3 is 3.00 bits per heavy atom. The second-order valence-corrected chi connectivity index (χ2v) is 5.64. The predicted molar refractivity (Wildman–Crippen MR) is 75.8 cm³/mol. The third-order valence-corrected chi connectivity index (χ3v) is 3.95. The number of aromatic nitrogens is 1. The van der Waals surface area contributed by atoms with E-state index in [1.807, 2.05) is 4.90 Å². The summed E-state index contributed by atoms with van der Waals surface area (Å²) in [6.45, 7) is 1.52. The lowest BCUT2D eigenvalue weighted by molar-refractivity contribution is -0.385. The highest BCUT2D eigenvalue weighted by molar-refractivity contribution is 9.10. The predicted octanol–water partition coefficient (Wildman–Crippen LogP) is 2.44. The molecule has 1 N–H and O–H groups in total. The van der Waals surface area contributed by atoms with Gasteiger partial charge in [0.2, 0.25) is 0 Å². The van der Waals surface area contributed by atoms with E-state index in [4.69, 9.17) is 5.11 Å². The Hall–Kier alpha value is -1.70. The van der Waals surface area contributed by atoms with E-state index < -0.39 is 10.9 Å². The minimum absolute atomic E-state index is 0.0535. The largest absolute Gasteiger partial charge is 0.481 e. The van der Waals surface area contributed by atoms with Crippen molar-refractivity contribution in [3.8, 4) is 0 Å². The molecule has 1 fully saturated rings. The van der Waals surface area contributed by atoms with Crippen LogP contribution >= 0.6 is 15.9 Å². The van der Waals surface area contributed by atoms with Gasteiger partial charge < -0.3 is 10.0 Å². The molecule has 2 heterocycles. The molecule has 108 valence electrons. The molecule has 2 rings (SSSR count). The molecular formula is C12H14BrN3O4. The van der Waals surface area contributed by atoms with Gasteiger partial charge in [-0.2, -0.15) is 0 Å². The van der Waals surface area contributed by atoms with E-state index in [2.05, 4.69) is 20.9 Å². The van der Waals surface area contributed by atoms with E-state index in [-0.39, 0.29) is 12.1 Å². The molecular weight excluding hydrogens is 330 g/mol. The Morgan fingerprint density at radius 2 is 2.40 bits per heavy atom. The number of pyridine rings is 1. The maximum absolute atomic E-state index is 10.7. The number of aliphatic carboxylic acids is 1. The lowest BCUT2D eigenvalue weighted by Crippen LogP contribution is -2.21. The minimum Gasteiger partial charge on any atom is -0.481 e. The van der Waals surface area contributed by atoms with Crippen molar-refractivity contribution in [2.45, 2.75) is 19.3 Å². The van der Waals surface area contributed by atoms with Crippen LogP contribution in [0.5, 0.6) is 0 Å². The number of carboxylic acids is 1. The van der Waals surface area contributed by atoms with Gasteiger partial charge in [-0.25, -0.2) is 4.98 Å². The Morgan fingerprint density at radius 1 is 1.65 bits per heavy atom. The molecule has 20 heavy (non-hydrogen) atoms. The van der Waals surface area contributed by atoms with Gasteiger partial charge in [0.1, 0.15) is 12.0 Å². The molecule has 0 saturated carbocycles. The minimum atomic E-state index is -0.780. The van der Waals surface area contributed by atoms with Crippen LogP contribution in [0, 0.1) is 16.0 Å². The van der Waals surface area contributed by atoms with Crippen LogP contribution in [-0.2, 0) is 4.79 Å². The van der Waals surface area contributed by atoms with Crippen LogP contribution in [0.1, 0.15) is 19.3 Å². The molecule has 1 unspecified atom stereocenters. The monoisotopic (exact) mass is 343 g/mol. The fourth-order valence-electron chi connectivity index (χ4n) is 2.34. The number of carboxylic acid groups (broad SMARTS) is 1. The highest BCUT2D eigenvalue weighted by Gasteiger charge is 2.26. The fraction of sp³-hybridized carbons (Fsp3) is 0.500. The summed E-state index contributed by atoms with van der Waals surface area (Å²) in [5, 5.41) is 19.3. The summed E-state index contributed by atoms with van der Waals surface area (Å²) in [6, 6.07) is 1.44. The number of nitro groups is 1. The number of nitrogens with zero attached hydrogens (tertiary/aromatic N) is 3. The van der Waals surface area contributed by atoms with Gasteiger partial charge in [0.05, 0.1) is 9.40 Å². The van der Waals surface area contributed by atoms with Gasteiger partial charge in [-0.3, -0.25) is 14.9 Å². The Labute approximate surface area is 123 Å². The molecule has 7 nitrogen and oxygen atoms in total. The Kier molecular flexibility index (Phi) is 4.53. The molecule has 0 bridgehead atoms. The highest BCUT2D eigenvalue weighted by atomic mass is 79.9. The molecule has 8 heteroatoms. The smallest absolute Gasteiger partial charge is 0.303 e. The van der Waals surface area contributed by atoms with Gasteiger partial charge in [0.15, 0.2) is 0 Å².